The monoisotopic (exact) mass is 332 g/mol. The molecule has 2 aliphatic heterocycles. The van der Waals surface area contributed by atoms with Crippen LogP contribution in [-0.2, 0) is 25.6 Å². The summed E-state index contributed by atoms with van der Waals surface area (Å²) in [5, 5.41) is 2.99. The minimum absolute atomic E-state index is 0.0257. The molecule has 2 aliphatic rings. The van der Waals surface area contributed by atoms with Crippen LogP contribution in [0.2, 0.25) is 0 Å². The minimum Gasteiger partial charge on any atom is -0.376 e. The lowest BCUT2D eigenvalue weighted by molar-refractivity contribution is -0.156. The molecule has 1 aromatic carbocycles. The molecule has 0 spiro atoms. The number of nitrogens with one attached hydrogen (secondary N) is 1. The summed E-state index contributed by atoms with van der Waals surface area (Å²) >= 11 is 0. The molecular formula is C18H24N2O4. The zero-order chi connectivity index (χ0) is 16.9. The predicted molar refractivity (Wildman–Crippen MR) is 88.2 cm³/mol. The van der Waals surface area contributed by atoms with Gasteiger partial charge in [-0.15, -0.1) is 0 Å². The highest BCUT2D eigenvalue weighted by atomic mass is 16.5. The topological polar surface area (TPSA) is 67.9 Å². The fourth-order valence-electron chi connectivity index (χ4n) is 3.21. The third-order valence-corrected chi connectivity index (χ3v) is 4.59. The zero-order valence-electron chi connectivity index (χ0n) is 13.9. The fraction of sp³-hybridized carbons (Fsp3) is 0.556. The number of benzene rings is 1. The molecule has 0 aromatic heterocycles. The average molecular weight is 332 g/mol. The molecule has 2 amide bonds. The molecular weight excluding hydrogens is 308 g/mol. The van der Waals surface area contributed by atoms with E-state index in [1.165, 1.54) is 0 Å². The molecule has 0 aliphatic carbocycles. The quantitative estimate of drug-likeness (QED) is 0.877. The Kier molecular flexibility index (Phi) is 5.48. The van der Waals surface area contributed by atoms with Gasteiger partial charge in [-0.2, -0.15) is 0 Å². The van der Waals surface area contributed by atoms with E-state index in [0.717, 1.165) is 25.0 Å². The molecule has 6 heteroatoms. The van der Waals surface area contributed by atoms with Crippen molar-refractivity contribution in [1.29, 1.82) is 0 Å². The van der Waals surface area contributed by atoms with E-state index in [2.05, 4.69) is 5.32 Å². The zero-order valence-corrected chi connectivity index (χ0v) is 13.9. The number of morpholine rings is 1. The van der Waals surface area contributed by atoms with Gasteiger partial charge in [0, 0.05) is 13.2 Å². The molecule has 24 heavy (non-hydrogen) atoms. The van der Waals surface area contributed by atoms with Crippen LogP contribution in [0.3, 0.4) is 0 Å². The lowest BCUT2D eigenvalue weighted by atomic mass is 10.1. The summed E-state index contributed by atoms with van der Waals surface area (Å²) in [5.74, 6) is -0.336. The molecule has 0 bridgehead atoms. The lowest BCUT2D eigenvalue weighted by Gasteiger charge is -2.35. The molecule has 3 unspecified atom stereocenters. The molecule has 3 atom stereocenters. The maximum atomic E-state index is 12.7. The van der Waals surface area contributed by atoms with Crippen molar-refractivity contribution >= 4 is 11.8 Å². The maximum absolute atomic E-state index is 12.7. The first-order chi connectivity index (χ1) is 11.6. The molecule has 6 nitrogen and oxygen atoms in total. The number of ether oxygens (including phenoxy) is 2. The van der Waals surface area contributed by atoms with Gasteiger partial charge in [0.25, 0.3) is 0 Å². The SMILES string of the molecule is CC(NC(=O)C1COCC(=O)N1Cc1ccccc1)C1CCCO1. The van der Waals surface area contributed by atoms with E-state index < -0.39 is 6.04 Å². The standard InChI is InChI=1S/C18H24N2O4/c1-13(16-8-5-9-24-16)19-18(22)15-11-23-12-17(21)20(15)10-14-6-3-2-4-7-14/h2-4,6-7,13,15-16H,5,8-12H2,1H3,(H,19,22). The molecule has 1 N–H and O–H groups in total. The van der Waals surface area contributed by atoms with Crippen LogP contribution in [0.5, 0.6) is 0 Å². The van der Waals surface area contributed by atoms with Gasteiger partial charge in [0.2, 0.25) is 11.8 Å². The van der Waals surface area contributed by atoms with Gasteiger partial charge in [-0.1, -0.05) is 30.3 Å². The van der Waals surface area contributed by atoms with Gasteiger partial charge in [-0.25, -0.2) is 0 Å². The first-order valence-corrected chi connectivity index (χ1v) is 8.48. The van der Waals surface area contributed by atoms with Gasteiger partial charge in [0.1, 0.15) is 12.6 Å². The molecule has 2 heterocycles. The Labute approximate surface area is 142 Å². The van der Waals surface area contributed by atoms with Gasteiger partial charge in [0.05, 0.1) is 18.8 Å². The molecule has 3 rings (SSSR count). The predicted octanol–water partition coefficient (Wildman–Crippen LogP) is 1.10. The van der Waals surface area contributed by atoms with Crippen LogP contribution in [-0.4, -0.2) is 54.7 Å². The van der Waals surface area contributed by atoms with Crippen LogP contribution < -0.4 is 5.32 Å². The van der Waals surface area contributed by atoms with Crippen molar-refractivity contribution in [2.24, 2.45) is 0 Å². The molecule has 2 saturated heterocycles. The normalized spacial score (nSPS) is 25.5. The number of hydrogen-bond donors (Lipinski definition) is 1. The Hall–Kier alpha value is -1.92. The average Bonchev–Trinajstić information content (AvgIpc) is 3.12. The number of amides is 2. The van der Waals surface area contributed by atoms with Crippen molar-refractivity contribution in [2.75, 3.05) is 19.8 Å². The minimum atomic E-state index is -0.602. The van der Waals surface area contributed by atoms with Crippen molar-refractivity contribution in [1.82, 2.24) is 10.2 Å². The number of carbonyl (C=O) groups excluding carboxylic acids is 2. The van der Waals surface area contributed by atoms with E-state index in [-0.39, 0.29) is 37.2 Å². The van der Waals surface area contributed by atoms with Gasteiger partial charge >= 0.3 is 0 Å². The van der Waals surface area contributed by atoms with Crippen LogP contribution in [0.1, 0.15) is 25.3 Å². The summed E-state index contributed by atoms with van der Waals surface area (Å²) in [6.07, 6.45) is 2.03. The van der Waals surface area contributed by atoms with Crippen LogP contribution in [0, 0.1) is 0 Å². The van der Waals surface area contributed by atoms with Crippen LogP contribution >= 0.6 is 0 Å². The van der Waals surface area contributed by atoms with Crippen molar-refractivity contribution in [3.63, 3.8) is 0 Å². The van der Waals surface area contributed by atoms with Crippen molar-refractivity contribution < 1.29 is 19.1 Å². The Balaban J connectivity index is 1.66. The third kappa shape index (κ3) is 3.94. The summed E-state index contributed by atoms with van der Waals surface area (Å²) in [6.45, 7) is 3.35. The molecule has 1 aromatic rings. The van der Waals surface area contributed by atoms with E-state index >= 15 is 0 Å². The number of rotatable bonds is 5. The second-order valence-corrected chi connectivity index (χ2v) is 6.39. The van der Waals surface area contributed by atoms with Crippen molar-refractivity contribution in [3.8, 4) is 0 Å². The fourth-order valence-corrected chi connectivity index (χ4v) is 3.21. The first kappa shape index (κ1) is 16.9. The summed E-state index contributed by atoms with van der Waals surface area (Å²) < 4.78 is 10.9. The van der Waals surface area contributed by atoms with E-state index in [1.807, 2.05) is 37.3 Å². The maximum Gasteiger partial charge on any atom is 0.249 e. The summed E-state index contributed by atoms with van der Waals surface area (Å²) in [4.78, 5) is 26.5. The Bertz CT molecular complexity index is 572. The third-order valence-electron chi connectivity index (χ3n) is 4.59. The van der Waals surface area contributed by atoms with Gasteiger partial charge in [-0.3, -0.25) is 9.59 Å². The summed E-state index contributed by atoms with van der Waals surface area (Å²) in [7, 11) is 0. The van der Waals surface area contributed by atoms with Crippen LogP contribution in [0.4, 0.5) is 0 Å². The van der Waals surface area contributed by atoms with Gasteiger partial charge in [-0.05, 0) is 25.3 Å². The van der Waals surface area contributed by atoms with E-state index in [4.69, 9.17) is 9.47 Å². The van der Waals surface area contributed by atoms with Crippen LogP contribution in [0.25, 0.3) is 0 Å². The first-order valence-electron chi connectivity index (χ1n) is 8.48. The number of hydrogen-bond acceptors (Lipinski definition) is 4. The van der Waals surface area contributed by atoms with Crippen molar-refractivity contribution in [2.45, 2.75) is 44.5 Å². The second-order valence-electron chi connectivity index (χ2n) is 6.39. The highest BCUT2D eigenvalue weighted by Crippen LogP contribution is 2.17. The summed E-state index contributed by atoms with van der Waals surface area (Å²) in [6, 6.07) is 9.01. The Morgan fingerprint density at radius 1 is 1.38 bits per heavy atom. The van der Waals surface area contributed by atoms with Gasteiger partial charge < -0.3 is 19.7 Å². The Morgan fingerprint density at radius 2 is 2.17 bits per heavy atom. The summed E-state index contributed by atoms with van der Waals surface area (Å²) in [5.41, 5.74) is 0.998. The molecule has 130 valence electrons. The molecule has 2 fully saturated rings. The lowest BCUT2D eigenvalue weighted by Crippen LogP contribution is -2.58. The van der Waals surface area contributed by atoms with Crippen LogP contribution in [0.15, 0.2) is 30.3 Å². The van der Waals surface area contributed by atoms with E-state index in [9.17, 15) is 9.59 Å². The molecule has 0 saturated carbocycles. The molecule has 0 radical (unpaired) electrons. The van der Waals surface area contributed by atoms with Crippen molar-refractivity contribution in [3.05, 3.63) is 35.9 Å². The van der Waals surface area contributed by atoms with E-state index in [1.54, 1.807) is 4.90 Å². The highest BCUT2D eigenvalue weighted by molar-refractivity contribution is 5.89. The highest BCUT2D eigenvalue weighted by Gasteiger charge is 2.35. The number of carbonyl (C=O) groups is 2. The number of nitrogens with zero attached hydrogens (tertiary/aromatic N) is 1. The smallest absolute Gasteiger partial charge is 0.249 e. The van der Waals surface area contributed by atoms with E-state index in [0.29, 0.717) is 6.54 Å². The van der Waals surface area contributed by atoms with Gasteiger partial charge in [0.15, 0.2) is 0 Å². The largest absolute Gasteiger partial charge is 0.376 e. The second kappa shape index (κ2) is 7.77. The Morgan fingerprint density at radius 3 is 2.88 bits per heavy atom.